The van der Waals surface area contributed by atoms with Gasteiger partial charge in [-0.3, -0.25) is 4.79 Å². The maximum atomic E-state index is 13.2. The molecule has 0 fully saturated rings. The third-order valence-electron chi connectivity index (χ3n) is 5.34. The van der Waals surface area contributed by atoms with Crippen LogP contribution in [-0.2, 0) is 6.54 Å². The number of nitrogens with two attached hydrogens (primary N) is 1. The van der Waals surface area contributed by atoms with E-state index in [4.69, 9.17) is 5.73 Å². The largest absolute Gasteiger partial charge is 0.368 e. The second kappa shape index (κ2) is 10.3. The van der Waals surface area contributed by atoms with Crippen LogP contribution >= 0.6 is 0 Å². The molecular weight excluding hydrogens is 390 g/mol. The van der Waals surface area contributed by atoms with Crippen LogP contribution in [0.2, 0.25) is 0 Å². The summed E-state index contributed by atoms with van der Waals surface area (Å²) in [4.78, 5) is 21.7. The zero-order chi connectivity index (χ0) is 22.4. The van der Waals surface area contributed by atoms with Gasteiger partial charge in [0, 0.05) is 12.1 Å². The Balaban J connectivity index is 1.88. The topological polar surface area (TPSA) is 111 Å². The Labute approximate surface area is 183 Å². The molecule has 8 nitrogen and oxygen atoms in total. The predicted molar refractivity (Wildman–Crippen MR) is 126 cm³/mol. The molecule has 0 aliphatic rings. The van der Waals surface area contributed by atoms with Crippen LogP contribution in [0.15, 0.2) is 35.3 Å². The fourth-order valence-corrected chi connectivity index (χ4v) is 3.63. The Morgan fingerprint density at radius 3 is 2.52 bits per heavy atom. The number of fused-ring (bicyclic) bond motifs is 1. The molecule has 0 saturated heterocycles. The van der Waals surface area contributed by atoms with Gasteiger partial charge in [0.15, 0.2) is 0 Å². The highest BCUT2D eigenvalue weighted by Gasteiger charge is 2.15. The van der Waals surface area contributed by atoms with Gasteiger partial charge in [-0.15, -0.1) is 0 Å². The lowest BCUT2D eigenvalue weighted by Gasteiger charge is -2.16. The summed E-state index contributed by atoms with van der Waals surface area (Å²) < 4.78 is 1.45. The number of benzene rings is 1. The lowest BCUT2D eigenvalue weighted by atomic mass is 10.1. The molecule has 4 N–H and O–H groups in total. The van der Waals surface area contributed by atoms with Crippen LogP contribution in [0.3, 0.4) is 0 Å². The molecular formula is C23H33N7O. The highest BCUT2D eigenvalue weighted by molar-refractivity contribution is 5.88. The standard InChI is InChI=1S/C23H33N7O/c1-5-7-15(3)27-21-20-19(28-23(24)29-21)13-26-30(22(20)31)14-17-8-10-18(11-9-17)16(4)25-12-6-2/h8-11,13,15-16,25H,5-7,12,14H2,1-4H3,(H3,24,27,28,29)/t15-,16+/m1/s1. The first-order valence-corrected chi connectivity index (χ1v) is 11.0. The van der Waals surface area contributed by atoms with Crippen LogP contribution in [-0.4, -0.2) is 32.3 Å². The van der Waals surface area contributed by atoms with Crippen LogP contribution in [0.4, 0.5) is 11.8 Å². The maximum Gasteiger partial charge on any atom is 0.280 e. The fourth-order valence-electron chi connectivity index (χ4n) is 3.63. The minimum atomic E-state index is -0.231. The van der Waals surface area contributed by atoms with Gasteiger partial charge in [0.25, 0.3) is 5.56 Å². The molecule has 2 atom stereocenters. The molecule has 166 valence electrons. The number of hydrogen-bond acceptors (Lipinski definition) is 7. The van der Waals surface area contributed by atoms with Crippen molar-refractivity contribution in [2.45, 2.75) is 65.6 Å². The van der Waals surface area contributed by atoms with Gasteiger partial charge in [-0.25, -0.2) is 9.67 Å². The Morgan fingerprint density at radius 1 is 1.10 bits per heavy atom. The summed E-state index contributed by atoms with van der Waals surface area (Å²) in [5.74, 6) is 0.592. The number of hydrogen-bond donors (Lipinski definition) is 3. The zero-order valence-electron chi connectivity index (χ0n) is 18.9. The van der Waals surface area contributed by atoms with Crippen LogP contribution in [0.1, 0.15) is 64.1 Å². The maximum absolute atomic E-state index is 13.2. The summed E-state index contributed by atoms with van der Waals surface area (Å²) in [6.45, 7) is 9.85. The molecule has 2 heterocycles. The van der Waals surface area contributed by atoms with Gasteiger partial charge in [0.2, 0.25) is 5.95 Å². The van der Waals surface area contributed by atoms with E-state index in [9.17, 15) is 4.79 Å². The average molecular weight is 424 g/mol. The van der Waals surface area contributed by atoms with Gasteiger partial charge in [-0.2, -0.15) is 10.1 Å². The van der Waals surface area contributed by atoms with E-state index in [-0.39, 0.29) is 23.6 Å². The van der Waals surface area contributed by atoms with Gasteiger partial charge in [0.05, 0.1) is 12.7 Å². The number of rotatable bonds is 10. The van der Waals surface area contributed by atoms with E-state index in [1.807, 2.05) is 12.1 Å². The van der Waals surface area contributed by atoms with Gasteiger partial charge >= 0.3 is 0 Å². The molecule has 0 radical (unpaired) electrons. The molecule has 0 bridgehead atoms. The SMILES string of the molecule is CCCN[C@@H](C)c1ccc(Cn2ncc3nc(N)nc(N[C@H](C)CCC)c3c2=O)cc1. The van der Waals surface area contributed by atoms with Crippen LogP contribution in [0, 0.1) is 0 Å². The second-order valence-corrected chi connectivity index (χ2v) is 8.05. The monoisotopic (exact) mass is 423 g/mol. The van der Waals surface area contributed by atoms with Crippen molar-refractivity contribution in [2.24, 2.45) is 0 Å². The average Bonchev–Trinajstić information content (AvgIpc) is 2.74. The van der Waals surface area contributed by atoms with E-state index in [1.54, 1.807) is 6.20 Å². The third kappa shape index (κ3) is 5.58. The van der Waals surface area contributed by atoms with Crippen molar-refractivity contribution in [1.29, 1.82) is 0 Å². The number of aromatic nitrogens is 4. The molecule has 8 heteroatoms. The Kier molecular flexibility index (Phi) is 7.57. The Morgan fingerprint density at radius 2 is 1.84 bits per heavy atom. The molecule has 0 spiro atoms. The molecule has 0 aliphatic carbocycles. The lowest BCUT2D eigenvalue weighted by Crippen LogP contribution is -2.26. The molecule has 3 aromatic rings. The van der Waals surface area contributed by atoms with Crippen molar-refractivity contribution in [3.63, 3.8) is 0 Å². The first-order chi connectivity index (χ1) is 14.9. The summed E-state index contributed by atoms with van der Waals surface area (Å²) in [5.41, 5.74) is 8.29. The van der Waals surface area contributed by atoms with Crippen LogP contribution in [0.5, 0.6) is 0 Å². The van der Waals surface area contributed by atoms with Crippen molar-refractivity contribution in [1.82, 2.24) is 25.1 Å². The molecule has 0 amide bonds. The normalized spacial score (nSPS) is 13.3. The minimum absolute atomic E-state index is 0.124. The molecule has 0 aliphatic heterocycles. The molecule has 3 rings (SSSR count). The highest BCUT2D eigenvalue weighted by atomic mass is 16.1. The summed E-state index contributed by atoms with van der Waals surface area (Å²) in [6, 6.07) is 8.73. The number of nitrogens with zero attached hydrogens (tertiary/aromatic N) is 4. The number of nitrogens with one attached hydrogen (secondary N) is 2. The zero-order valence-corrected chi connectivity index (χ0v) is 18.9. The highest BCUT2D eigenvalue weighted by Crippen LogP contribution is 2.19. The van der Waals surface area contributed by atoms with Gasteiger partial charge < -0.3 is 16.4 Å². The number of anilines is 2. The first kappa shape index (κ1) is 22.7. The fraction of sp³-hybridized carbons (Fsp3) is 0.478. The molecule has 0 unspecified atom stereocenters. The van der Waals surface area contributed by atoms with Gasteiger partial charge in [0.1, 0.15) is 16.7 Å². The molecule has 2 aromatic heterocycles. The van der Waals surface area contributed by atoms with Crippen molar-refractivity contribution in [3.05, 3.63) is 51.9 Å². The van der Waals surface area contributed by atoms with Gasteiger partial charge in [-0.05, 0) is 44.4 Å². The lowest BCUT2D eigenvalue weighted by molar-refractivity contribution is 0.570. The van der Waals surface area contributed by atoms with E-state index in [0.29, 0.717) is 23.3 Å². The molecule has 1 aromatic carbocycles. The Hall–Kier alpha value is -3.00. The van der Waals surface area contributed by atoms with Crippen molar-refractivity contribution >= 4 is 22.7 Å². The number of nitrogen functional groups attached to an aromatic ring is 1. The van der Waals surface area contributed by atoms with Gasteiger partial charge in [-0.1, -0.05) is 44.5 Å². The molecule has 31 heavy (non-hydrogen) atoms. The smallest absolute Gasteiger partial charge is 0.280 e. The van der Waals surface area contributed by atoms with Crippen LogP contribution < -0.4 is 21.9 Å². The van der Waals surface area contributed by atoms with E-state index in [1.165, 1.54) is 10.2 Å². The van der Waals surface area contributed by atoms with Crippen molar-refractivity contribution < 1.29 is 0 Å². The van der Waals surface area contributed by atoms with Crippen molar-refractivity contribution in [2.75, 3.05) is 17.6 Å². The second-order valence-electron chi connectivity index (χ2n) is 8.05. The van der Waals surface area contributed by atoms with Crippen LogP contribution in [0.25, 0.3) is 10.9 Å². The van der Waals surface area contributed by atoms with E-state index >= 15 is 0 Å². The van der Waals surface area contributed by atoms with E-state index < -0.39 is 0 Å². The summed E-state index contributed by atoms with van der Waals surface area (Å²) >= 11 is 0. The first-order valence-electron chi connectivity index (χ1n) is 11.0. The summed E-state index contributed by atoms with van der Waals surface area (Å²) in [7, 11) is 0. The summed E-state index contributed by atoms with van der Waals surface area (Å²) in [6.07, 6.45) is 4.67. The Bertz CT molecular complexity index is 1060. The summed E-state index contributed by atoms with van der Waals surface area (Å²) in [5, 5.41) is 11.5. The molecule has 0 saturated carbocycles. The quantitative estimate of drug-likeness (QED) is 0.458. The predicted octanol–water partition coefficient (Wildman–Crippen LogP) is 3.48. The van der Waals surface area contributed by atoms with E-state index in [0.717, 1.165) is 31.4 Å². The van der Waals surface area contributed by atoms with Crippen molar-refractivity contribution in [3.8, 4) is 0 Å². The third-order valence-corrected chi connectivity index (χ3v) is 5.34. The van der Waals surface area contributed by atoms with E-state index in [2.05, 4.69) is 65.5 Å². The minimum Gasteiger partial charge on any atom is -0.368 e.